The molecule has 2 bridgehead atoms. The van der Waals surface area contributed by atoms with Gasteiger partial charge in [0.05, 0.1) is 35.8 Å². The second kappa shape index (κ2) is 12.0. The van der Waals surface area contributed by atoms with E-state index in [1.807, 2.05) is 27.7 Å². The number of halogens is 1. The fourth-order valence-corrected chi connectivity index (χ4v) is 9.76. The Kier molecular flexibility index (Phi) is 9.77. The molecule has 2 amide bonds. The predicted molar refractivity (Wildman–Crippen MR) is 147 cm³/mol. The van der Waals surface area contributed by atoms with Crippen LogP contribution in [0.2, 0.25) is 0 Å². The molecule has 3 unspecified atom stereocenters. The molecule has 9 heteroatoms. The number of likely N-dealkylation sites (tertiary alicyclic amines) is 1. The van der Waals surface area contributed by atoms with Crippen molar-refractivity contribution in [2.45, 2.75) is 86.3 Å². The van der Waals surface area contributed by atoms with Crippen LogP contribution >= 0.6 is 27.7 Å². The van der Waals surface area contributed by atoms with Crippen LogP contribution in [0.1, 0.15) is 53.4 Å². The second-order valence-corrected chi connectivity index (χ2v) is 13.6. The molecule has 0 saturated carbocycles. The quantitative estimate of drug-likeness (QED) is 0.153. The zero-order chi connectivity index (χ0) is 26.8. The van der Waals surface area contributed by atoms with Gasteiger partial charge in [0.1, 0.15) is 6.04 Å². The number of unbranched alkanes of at least 4 members (excludes halogenated alkanes) is 1. The van der Waals surface area contributed by atoms with Crippen molar-refractivity contribution in [3.63, 3.8) is 0 Å². The van der Waals surface area contributed by atoms with E-state index in [0.717, 1.165) is 6.42 Å². The molecule has 7 atom stereocenters. The molecule has 3 fully saturated rings. The van der Waals surface area contributed by atoms with Gasteiger partial charge < -0.3 is 19.6 Å². The highest BCUT2D eigenvalue weighted by atomic mass is 79.9. The number of rotatable bonds is 13. The lowest BCUT2D eigenvalue weighted by Crippen LogP contribution is -2.59. The van der Waals surface area contributed by atoms with Crippen LogP contribution in [0.25, 0.3) is 0 Å². The van der Waals surface area contributed by atoms with Crippen LogP contribution in [0.5, 0.6) is 0 Å². The van der Waals surface area contributed by atoms with Gasteiger partial charge in [-0.25, -0.2) is 0 Å². The molecule has 36 heavy (non-hydrogen) atoms. The molecule has 0 aliphatic carbocycles. The van der Waals surface area contributed by atoms with Gasteiger partial charge in [-0.15, -0.1) is 24.9 Å². The number of nitrogens with zero attached hydrogens (tertiary/aromatic N) is 2. The minimum absolute atomic E-state index is 0.0166. The summed E-state index contributed by atoms with van der Waals surface area (Å²) in [7, 11) is 0. The zero-order valence-corrected chi connectivity index (χ0v) is 24.3. The summed E-state index contributed by atoms with van der Waals surface area (Å²) in [4.78, 5) is 45.2. The lowest BCUT2D eigenvalue weighted by Gasteiger charge is -2.41. The Morgan fingerprint density at radius 1 is 1.31 bits per heavy atom. The van der Waals surface area contributed by atoms with Crippen LogP contribution in [0.4, 0.5) is 0 Å². The van der Waals surface area contributed by atoms with Gasteiger partial charge >= 0.3 is 5.97 Å². The molecule has 3 aliphatic rings. The van der Waals surface area contributed by atoms with E-state index in [2.05, 4.69) is 29.1 Å². The van der Waals surface area contributed by atoms with Crippen LogP contribution < -0.4 is 0 Å². The normalized spacial score (nSPS) is 31.6. The lowest BCUT2D eigenvalue weighted by molar-refractivity contribution is -0.154. The van der Waals surface area contributed by atoms with E-state index in [1.165, 1.54) is 0 Å². The van der Waals surface area contributed by atoms with Gasteiger partial charge in [0.25, 0.3) is 0 Å². The SMILES string of the molecule is C=CCCCOC(=O)[C@H]1[C@H]2C(=O)N([C@@H](CO)CC(C)C)C(C(=O)N(CC=C)C(C)C)C23CC(Br)[C@@H]1S3. The first-order valence-corrected chi connectivity index (χ1v) is 14.8. The summed E-state index contributed by atoms with van der Waals surface area (Å²) >= 11 is 5.37. The summed E-state index contributed by atoms with van der Waals surface area (Å²) < 4.78 is 4.89. The highest BCUT2D eigenvalue weighted by Gasteiger charge is 2.76. The minimum Gasteiger partial charge on any atom is -0.465 e. The number of esters is 1. The maximum absolute atomic E-state index is 14.2. The lowest BCUT2D eigenvalue weighted by atomic mass is 9.71. The van der Waals surface area contributed by atoms with E-state index in [-0.39, 0.29) is 53.0 Å². The van der Waals surface area contributed by atoms with Gasteiger partial charge in [-0.2, -0.15) is 0 Å². The van der Waals surface area contributed by atoms with Crippen molar-refractivity contribution in [3.8, 4) is 0 Å². The van der Waals surface area contributed by atoms with E-state index in [1.54, 1.807) is 33.7 Å². The van der Waals surface area contributed by atoms with Crippen molar-refractivity contribution in [1.29, 1.82) is 0 Å². The van der Waals surface area contributed by atoms with Gasteiger partial charge in [0, 0.05) is 22.7 Å². The van der Waals surface area contributed by atoms with Crippen molar-refractivity contribution >= 4 is 45.5 Å². The third-order valence-corrected chi connectivity index (χ3v) is 10.8. The Morgan fingerprint density at radius 3 is 2.56 bits per heavy atom. The third kappa shape index (κ3) is 5.17. The average Bonchev–Trinajstić information content (AvgIpc) is 3.41. The molecule has 1 N–H and O–H groups in total. The van der Waals surface area contributed by atoms with E-state index in [0.29, 0.717) is 25.8 Å². The molecule has 7 nitrogen and oxygen atoms in total. The van der Waals surface area contributed by atoms with Gasteiger partial charge in [-0.05, 0) is 45.4 Å². The largest absolute Gasteiger partial charge is 0.465 e. The summed E-state index contributed by atoms with van der Waals surface area (Å²) in [6.45, 7) is 15.9. The number of allylic oxidation sites excluding steroid dienone is 1. The molecular formula is C27H41BrN2O5S. The monoisotopic (exact) mass is 584 g/mol. The smallest absolute Gasteiger partial charge is 0.310 e. The van der Waals surface area contributed by atoms with Gasteiger partial charge in [0.2, 0.25) is 11.8 Å². The number of carbonyl (C=O) groups is 3. The summed E-state index contributed by atoms with van der Waals surface area (Å²) in [5.41, 5.74) is 0. The molecule has 1 spiro atoms. The fraction of sp³-hybridized carbons (Fsp3) is 0.741. The predicted octanol–water partition coefficient (Wildman–Crippen LogP) is 3.79. The van der Waals surface area contributed by atoms with E-state index >= 15 is 0 Å². The van der Waals surface area contributed by atoms with E-state index in [9.17, 15) is 19.5 Å². The number of ether oxygens (including phenoxy) is 1. The number of amides is 2. The van der Waals surface area contributed by atoms with Crippen LogP contribution in [0.3, 0.4) is 0 Å². The molecule has 202 valence electrons. The van der Waals surface area contributed by atoms with E-state index in [4.69, 9.17) is 4.74 Å². The molecule has 3 aliphatic heterocycles. The van der Waals surface area contributed by atoms with Crippen molar-refractivity contribution in [2.75, 3.05) is 19.8 Å². The molecule has 0 aromatic heterocycles. The zero-order valence-electron chi connectivity index (χ0n) is 21.9. The summed E-state index contributed by atoms with van der Waals surface area (Å²) in [5, 5.41) is 10.2. The number of alkyl halides is 1. The molecule has 3 rings (SSSR count). The molecule has 3 heterocycles. The van der Waals surface area contributed by atoms with E-state index < -0.39 is 28.7 Å². The summed E-state index contributed by atoms with van der Waals surface area (Å²) in [6, 6.07) is -1.35. The van der Waals surface area contributed by atoms with Crippen LogP contribution in [-0.4, -0.2) is 85.4 Å². The number of fused-ring (bicyclic) bond motifs is 1. The second-order valence-electron chi connectivity index (χ2n) is 10.8. The fourth-order valence-electron chi connectivity index (χ4n) is 6.18. The first-order valence-electron chi connectivity index (χ1n) is 13.0. The highest BCUT2D eigenvalue weighted by molar-refractivity contribution is 9.09. The molecular weight excluding hydrogens is 544 g/mol. The van der Waals surface area contributed by atoms with Crippen molar-refractivity contribution in [1.82, 2.24) is 9.80 Å². The molecule has 3 saturated heterocycles. The maximum Gasteiger partial charge on any atom is 0.310 e. The highest BCUT2D eigenvalue weighted by Crippen LogP contribution is 2.68. The van der Waals surface area contributed by atoms with Gasteiger partial charge in [-0.1, -0.05) is 41.9 Å². The number of aliphatic hydroxyl groups is 1. The molecule has 0 radical (unpaired) electrons. The van der Waals surface area contributed by atoms with Crippen molar-refractivity contribution in [3.05, 3.63) is 25.3 Å². The summed E-state index contributed by atoms with van der Waals surface area (Å²) in [6.07, 6.45) is 6.08. The van der Waals surface area contributed by atoms with Crippen LogP contribution in [-0.2, 0) is 19.1 Å². The summed E-state index contributed by atoms with van der Waals surface area (Å²) in [5.74, 6) is -1.79. The molecule has 0 aromatic rings. The van der Waals surface area contributed by atoms with Crippen molar-refractivity contribution < 1.29 is 24.2 Å². The number of hydrogen-bond donors (Lipinski definition) is 1. The number of hydrogen-bond acceptors (Lipinski definition) is 6. The Labute approximate surface area is 228 Å². The van der Waals surface area contributed by atoms with Crippen molar-refractivity contribution in [2.24, 2.45) is 17.8 Å². The third-order valence-electron chi connectivity index (χ3n) is 7.61. The Hall–Kier alpha value is -1.32. The number of aliphatic hydroxyl groups excluding tert-OH is 1. The first-order chi connectivity index (χ1) is 17.0. The standard InChI is InChI=1S/C27H41BrN2O5S/c1-7-9-10-12-35-26(34)20-21-24(32)30(18(15-31)13-16(3)4)23(25(33)29(11-8-2)17(5)6)27(21)14-19(28)22(20)36-27/h7-8,16-23,31H,1-2,9-15H2,3-6H3/t18-,19?,20+,21+,22+,23?,27?/m1/s1. The average molecular weight is 586 g/mol. The Balaban J connectivity index is 2.06. The first kappa shape index (κ1) is 29.2. The maximum atomic E-state index is 14.2. The van der Waals surface area contributed by atoms with Gasteiger partial charge in [0.15, 0.2) is 0 Å². The topological polar surface area (TPSA) is 87.1 Å². The van der Waals surface area contributed by atoms with Gasteiger partial charge in [-0.3, -0.25) is 14.4 Å². The number of carbonyl (C=O) groups excluding carboxylic acids is 3. The Morgan fingerprint density at radius 2 is 2.00 bits per heavy atom. The Bertz CT molecular complexity index is 867. The number of thioether (sulfide) groups is 1. The molecule has 0 aromatic carbocycles. The minimum atomic E-state index is -0.762. The van der Waals surface area contributed by atoms with Crippen LogP contribution in [0.15, 0.2) is 25.3 Å². The van der Waals surface area contributed by atoms with Crippen LogP contribution in [0, 0.1) is 17.8 Å².